The number of hydrogen-bond donors (Lipinski definition) is 0. The maximum atomic E-state index is 5.36. The van der Waals surface area contributed by atoms with Crippen molar-refractivity contribution in [1.29, 1.82) is 0 Å². The molecule has 1 unspecified atom stereocenters. The Balaban J connectivity index is 4.27. The first-order chi connectivity index (χ1) is 5.08. The molecule has 1 atom stereocenters. The molecule has 0 aliphatic heterocycles. The molecule has 0 aliphatic rings. The summed E-state index contributed by atoms with van der Waals surface area (Å²) in [7, 11) is 1.75. The van der Waals surface area contributed by atoms with Gasteiger partial charge in [-0.3, -0.25) is 0 Å². The van der Waals surface area contributed by atoms with Crippen LogP contribution in [0, 0.1) is 0 Å². The molecule has 0 aromatic carbocycles. The van der Waals surface area contributed by atoms with E-state index in [1.807, 2.05) is 0 Å². The molecule has 66 valence electrons. The number of rotatable bonds is 4. The van der Waals surface area contributed by atoms with E-state index in [1.165, 1.54) is 5.57 Å². The van der Waals surface area contributed by atoms with Crippen molar-refractivity contribution in [3.63, 3.8) is 0 Å². The molecule has 0 saturated carbocycles. The summed E-state index contributed by atoms with van der Waals surface area (Å²) in [6.07, 6.45) is 3.18. The Morgan fingerprint density at radius 2 is 2.18 bits per heavy atom. The van der Waals surface area contributed by atoms with Crippen LogP contribution in [0.2, 0.25) is 0 Å². The van der Waals surface area contributed by atoms with Gasteiger partial charge in [-0.1, -0.05) is 34.5 Å². The minimum absolute atomic E-state index is 0.0855. The van der Waals surface area contributed by atoms with Crippen LogP contribution in [0.1, 0.15) is 27.2 Å². The van der Waals surface area contributed by atoms with Gasteiger partial charge < -0.3 is 4.74 Å². The van der Waals surface area contributed by atoms with Crippen LogP contribution < -0.4 is 0 Å². The first-order valence-corrected chi connectivity index (χ1v) is 4.99. The van der Waals surface area contributed by atoms with Gasteiger partial charge in [-0.15, -0.1) is 0 Å². The van der Waals surface area contributed by atoms with Crippen molar-refractivity contribution >= 4 is 15.9 Å². The SMILES string of the molecule is CCC(C)(/C=C(/C)CBr)OC. The Labute approximate surface area is 78.0 Å². The number of ether oxygens (including phenoxy) is 1. The van der Waals surface area contributed by atoms with E-state index in [0.29, 0.717) is 0 Å². The van der Waals surface area contributed by atoms with Crippen molar-refractivity contribution in [2.45, 2.75) is 32.8 Å². The summed E-state index contributed by atoms with van der Waals surface area (Å²) >= 11 is 3.40. The van der Waals surface area contributed by atoms with Gasteiger partial charge in [0.25, 0.3) is 0 Å². The van der Waals surface area contributed by atoms with Gasteiger partial charge in [0.05, 0.1) is 5.60 Å². The number of halogens is 1. The number of hydrogen-bond acceptors (Lipinski definition) is 1. The van der Waals surface area contributed by atoms with E-state index in [0.717, 1.165) is 11.8 Å². The Morgan fingerprint density at radius 3 is 2.45 bits per heavy atom. The Kier molecular flexibility index (Phi) is 5.02. The fourth-order valence-corrected chi connectivity index (χ4v) is 1.03. The summed E-state index contributed by atoms with van der Waals surface area (Å²) in [6, 6.07) is 0. The van der Waals surface area contributed by atoms with Crippen molar-refractivity contribution in [3.05, 3.63) is 11.6 Å². The van der Waals surface area contributed by atoms with Crippen LogP contribution in [0.5, 0.6) is 0 Å². The number of alkyl halides is 1. The molecule has 11 heavy (non-hydrogen) atoms. The third kappa shape index (κ3) is 3.92. The van der Waals surface area contributed by atoms with Gasteiger partial charge in [-0.05, 0) is 20.3 Å². The monoisotopic (exact) mass is 220 g/mol. The lowest BCUT2D eigenvalue weighted by atomic mass is 10.0. The van der Waals surface area contributed by atoms with Gasteiger partial charge in [0.15, 0.2) is 0 Å². The molecule has 0 rings (SSSR count). The van der Waals surface area contributed by atoms with Crippen molar-refractivity contribution in [1.82, 2.24) is 0 Å². The largest absolute Gasteiger partial charge is 0.374 e. The van der Waals surface area contributed by atoms with Crippen LogP contribution in [0.3, 0.4) is 0 Å². The average Bonchev–Trinajstić information content (AvgIpc) is 2.04. The van der Waals surface area contributed by atoms with Crippen LogP contribution in [0.25, 0.3) is 0 Å². The summed E-state index contributed by atoms with van der Waals surface area (Å²) in [6.45, 7) is 6.32. The molecule has 0 fully saturated rings. The second-order valence-electron chi connectivity index (χ2n) is 2.99. The molecule has 0 aromatic rings. The summed E-state index contributed by atoms with van der Waals surface area (Å²) in [5, 5.41) is 0.923. The van der Waals surface area contributed by atoms with Gasteiger partial charge in [-0.2, -0.15) is 0 Å². The predicted octanol–water partition coefficient (Wildman–Crippen LogP) is 3.14. The molecule has 2 heteroatoms. The third-order valence-electron chi connectivity index (χ3n) is 1.93. The first-order valence-electron chi connectivity index (χ1n) is 3.87. The van der Waals surface area contributed by atoms with E-state index < -0.39 is 0 Å². The van der Waals surface area contributed by atoms with Gasteiger partial charge in [0.1, 0.15) is 0 Å². The zero-order valence-electron chi connectivity index (χ0n) is 7.78. The molecular formula is C9H17BrO. The molecule has 1 nitrogen and oxygen atoms in total. The average molecular weight is 221 g/mol. The summed E-state index contributed by atoms with van der Waals surface area (Å²) in [4.78, 5) is 0. The van der Waals surface area contributed by atoms with Crippen molar-refractivity contribution in [2.24, 2.45) is 0 Å². The molecule has 0 N–H and O–H groups in total. The standard InChI is InChI=1S/C9H17BrO/c1-5-9(3,11-4)6-8(2)7-10/h6H,5,7H2,1-4H3/b8-6-. The molecule has 0 bridgehead atoms. The van der Waals surface area contributed by atoms with E-state index in [1.54, 1.807) is 7.11 Å². The van der Waals surface area contributed by atoms with Gasteiger partial charge >= 0.3 is 0 Å². The third-order valence-corrected chi connectivity index (χ3v) is 2.82. The van der Waals surface area contributed by atoms with Crippen molar-refractivity contribution in [3.8, 4) is 0 Å². The molecule has 0 saturated heterocycles. The molecule has 0 heterocycles. The van der Waals surface area contributed by atoms with Crippen molar-refractivity contribution < 1.29 is 4.74 Å². The van der Waals surface area contributed by atoms with Crippen LogP contribution in [0.4, 0.5) is 0 Å². The minimum atomic E-state index is -0.0855. The maximum absolute atomic E-state index is 5.36. The first kappa shape index (κ1) is 11.2. The lowest BCUT2D eigenvalue weighted by Crippen LogP contribution is -2.23. The Morgan fingerprint density at radius 1 is 1.64 bits per heavy atom. The van der Waals surface area contributed by atoms with Crippen LogP contribution >= 0.6 is 15.9 Å². The summed E-state index contributed by atoms with van der Waals surface area (Å²) < 4.78 is 5.36. The zero-order chi connectivity index (χ0) is 8.91. The summed E-state index contributed by atoms with van der Waals surface area (Å²) in [5.41, 5.74) is 1.23. The number of methoxy groups -OCH3 is 1. The number of allylic oxidation sites excluding steroid dienone is 1. The highest BCUT2D eigenvalue weighted by Gasteiger charge is 2.16. The van der Waals surface area contributed by atoms with E-state index >= 15 is 0 Å². The van der Waals surface area contributed by atoms with Gasteiger partial charge in [0.2, 0.25) is 0 Å². The second kappa shape index (κ2) is 4.94. The highest BCUT2D eigenvalue weighted by Crippen LogP contribution is 2.18. The highest BCUT2D eigenvalue weighted by molar-refractivity contribution is 9.09. The van der Waals surface area contributed by atoms with Crippen LogP contribution in [-0.4, -0.2) is 18.0 Å². The summed E-state index contributed by atoms with van der Waals surface area (Å²) in [5.74, 6) is 0. The highest BCUT2D eigenvalue weighted by atomic mass is 79.9. The normalized spacial score (nSPS) is 18.1. The molecule has 0 radical (unpaired) electrons. The quantitative estimate of drug-likeness (QED) is 0.523. The molecule has 0 amide bonds. The van der Waals surface area contributed by atoms with Crippen LogP contribution in [0.15, 0.2) is 11.6 Å². The molecular weight excluding hydrogens is 204 g/mol. The Hall–Kier alpha value is 0.180. The zero-order valence-corrected chi connectivity index (χ0v) is 9.36. The molecule has 0 aliphatic carbocycles. The maximum Gasteiger partial charge on any atom is 0.0830 e. The topological polar surface area (TPSA) is 9.23 Å². The van der Waals surface area contributed by atoms with E-state index in [4.69, 9.17) is 4.74 Å². The molecule has 0 spiro atoms. The molecule has 0 aromatic heterocycles. The smallest absolute Gasteiger partial charge is 0.0830 e. The predicted molar refractivity (Wildman–Crippen MR) is 53.3 cm³/mol. The van der Waals surface area contributed by atoms with Crippen LogP contribution in [-0.2, 0) is 4.74 Å². The van der Waals surface area contributed by atoms with E-state index in [2.05, 4.69) is 42.8 Å². The minimum Gasteiger partial charge on any atom is -0.374 e. The second-order valence-corrected chi connectivity index (χ2v) is 3.56. The van der Waals surface area contributed by atoms with Gasteiger partial charge in [-0.25, -0.2) is 0 Å². The fraction of sp³-hybridized carbons (Fsp3) is 0.778. The Bertz CT molecular complexity index is 136. The van der Waals surface area contributed by atoms with E-state index in [-0.39, 0.29) is 5.60 Å². The van der Waals surface area contributed by atoms with E-state index in [9.17, 15) is 0 Å². The van der Waals surface area contributed by atoms with Gasteiger partial charge in [0, 0.05) is 12.4 Å². The fourth-order valence-electron chi connectivity index (χ4n) is 0.865. The lowest BCUT2D eigenvalue weighted by Gasteiger charge is -2.23. The van der Waals surface area contributed by atoms with Crippen molar-refractivity contribution in [2.75, 3.05) is 12.4 Å². The lowest BCUT2D eigenvalue weighted by molar-refractivity contribution is 0.0450.